The normalized spacial score (nSPS) is 16.4. The van der Waals surface area contributed by atoms with Crippen LogP contribution in [0.25, 0.3) is 0 Å². The van der Waals surface area contributed by atoms with E-state index >= 15 is 0 Å². The van der Waals surface area contributed by atoms with Crippen LogP contribution in [-0.2, 0) is 10.0 Å². The lowest BCUT2D eigenvalue weighted by atomic mass is 9.91. The summed E-state index contributed by atoms with van der Waals surface area (Å²) < 4.78 is 23.1. The van der Waals surface area contributed by atoms with E-state index < -0.39 is 10.0 Å². The summed E-state index contributed by atoms with van der Waals surface area (Å²) in [5, 5.41) is 5.22. The lowest BCUT2D eigenvalue weighted by Crippen LogP contribution is -2.37. The van der Waals surface area contributed by atoms with Crippen molar-refractivity contribution >= 4 is 21.4 Å². The molecular formula is C12H19N3O2S. The highest BCUT2D eigenvalue weighted by Crippen LogP contribution is 2.34. The maximum absolute atomic E-state index is 11.5. The van der Waals surface area contributed by atoms with Crippen LogP contribution in [-0.4, -0.2) is 21.5 Å². The van der Waals surface area contributed by atoms with Crippen LogP contribution in [0.4, 0.5) is 11.4 Å². The Morgan fingerprint density at radius 1 is 1.33 bits per heavy atom. The molecule has 1 aromatic carbocycles. The van der Waals surface area contributed by atoms with Crippen molar-refractivity contribution < 1.29 is 8.42 Å². The van der Waals surface area contributed by atoms with Gasteiger partial charge in [0.15, 0.2) is 0 Å². The zero-order valence-electron chi connectivity index (χ0n) is 10.7. The lowest BCUT2D eigenvalue weighted by molar-refractivity contribution is 0.400. The topological polar surface area (TPSA) is 89.4 Å². The fourth-order valence-corrected chi connectivity index (χ4v) is 3.16. The summed E-state index contributed by atoms with van der Waals surface area (Å²) in [6.45, 7) is 1.77. The first kappa shape index (κ1) is 13.2. The number of nitrogens with two attached hydrogens (primary N) is 2. The summed E-state index contributed by atoms with van der Waals surface area (Å²) in [5.41, 5.74) is 7.72. The monoisotopic (exact) mass is 269 g/mol. The molecule has 0 atom stereocenters. The van der Waals surface area contributed by atoms with Crippen molar-refractivity contribution in [1.29, 1.82) is 0 Å². The van der Waals surface area contributed by atoms with Crippen LogP contribution in [0.5, 0.6) is 0 Å². The highest BCUT2D eigenvalue weighted by molar-refractivity contribution is 7.89. The molecule has 1 aliphatic rings. The fourth-order valence-electron chi connectivity index (χ4n) is 2.33. The van der Waals surface area contributed by atoms with Gasteiger partial charge in [-0.15, -0.1) is 0 Å². The molecule has 5 nitrogen and oxygen atoms in total. The summed E-state index contributed by atoms with van der Waals surface area (Å²) in [7, 11) is -1.76. The molecule has 18 heavy (non-hydrogen) atoms. The molecule has 1 aliphatic carbocycles. The highest BCUT2D eigenvalue weighted by atomic mass is 32.2. The van der Waals surface area contributed by atoms with E-state index in [4.69, 9.17) is 10.9 Å². The largest absolute Gasteiger partial charge is 0.399 e. The van der Waals surface area contributed by atoms with E-state index in [0.717, 1.165) is 18.5 Å². The average Bonchev–Trinajstić information content (AvgIpc) is 2.16. The van der Waals surface area contributed by atoms with Gasteiger partial charge in [0.25, 0.3) is 0 Å². The summed E-state index contributed by atoms with van der Waals surface area (Å²) in [5.74, 6) is 0. The number of anilines is 2. The predicted octanol–water partition coefficient (Wildman–Crippen LogP) is 1.21. The van der Waals surface area contributed by atoms with E-state index in [0.29, 0.717) is 17.3 Å². The molecule has 0 aliphatic heterocycles. The molecule has 4 N–H and O–H groups in total. The van der Waals surface area contributed by atoms with Gasteiger partial charge in [-0.3, -0.25) is 0 Å². The van der Waals surface area contributed by atoms with Gasteiger partial charge in [0.2, 0.25) is 10.0 Å². The Labute approximate surface area is 108 Å². The van der Waals surface area contributed by atoms with Crippen molar-refractivity contribution in [2.24, 2.45) is 5.14 Å². The molecule has 0 heterocycles. The van der Waals surface area contributed by atoms with Crippen LogP contribution in [0.3, 0.4) is 0 Å². The van der Waals surface area contributed by atoms with Crippen molar-refractivity contribution in [3.63, 3.8) is 0 Å². The van der Waals surface area contributed by atoms with E-state index in [-0.39, 0.29) is 4.90 Å². The van der Waals surface area contributed by atoms with Crippen LogP contribution in [0, 0.1) is 6.92 Å². The van der Waals surface area contributed by atoms with Gasteiger partial charge in [-0.25, -0.2) is 13.6 Å². The Balaban J connectivity index is 2.50. The maximum Gasteiger partial charge on any atom is 0.238 e. The molecule has 0 amide bonds. The Morgan fingerprint density at radius 2 is 1.94 bits per heavy atom. The zero-order chi connectivity index (χ0) is 13.5. The second-order valence-electron chi connectivity index (χ2n) is 4.90. The van der Waals surface area contributed by atoms with Crippen LogP contribution in [0.15, 0.2) is 17.0 Å². The number of sulfonamides is 1. The number of rotatable bonds is 3. The molecular weight excluding hydrogens is 250 g/mol. The van der Waals surface area contributed by atoms with Gasteiger partial charge in [-0.05, 0) is 43.9 Å². The quantitative estimate of drug-likeness (QED) is 0.807. The summed E-state index contributed by atoms with van der Waals surface area (Å²) in [4.78, 5) is 2.22. The zero-order valence-corrected chi connectivity index (χ0v) is 11.5. The van der Waals surface area contributed by atoms with Crippen molar-refractivity contribution in [2.75, 3.05) is 17.7 Å². The van der Waals surface area contributed by atoms with Crippen LogP contribution in [0.2, 0.25) is 0 Å². The molecule has 1 fully saturated rings. The van der Waals surface area contributed by atoms with E-state index in [1.54, 1.807) is 6.92 Å². The smallest absolute Gasteiger partial charge is 0.238 e. The SMILES string of the molecule is Cc1c(N(C)C2CCC2)cc(N)cc1S(N)(=O)=O. The number of nitrogen functional groups attached to an aromatic ring is 1. The molecule has 0 unspecified atom stereocenters. The van der Waals surface area contributed by atoms with Crippen molar-refractivity contribution in [1.82, 2.24) is 0 Å². The van der Waals surface area contributed by atoms with Crippen molar-refractivity contribution in [3.05, 3.63) is 17.7 Å². The third-order valence-corrected chi connectivity index (χ3v) is 4.70. The summed E-state index contributed by atoms with van der Waals surface area (Å²) in [6.07, 6.45) is 3.49. The second-order valence-corrected chi connectivity index (χ2v) is 6.43. The molecule has 6 heteroatoms. The highest BCUT2D eigenvalue weighted by Gasteiger charge is 2.25. The molecule has 0 aromatic heterocycles. The molecule has 100 valence electrons. The van der Waals surface area contributed by atoms with E-state index in [2.05, 4.69) is 4.90 Å². The van der Waals surface area contributed by atoms with Gasteiger partial charge in [0, 0.05) is 24.5 Å². The Morgan fingerprint density at radius 3 is 2.39 bits per heavy atom. The average molecular weight is 269 g/mol. The lowest BCUT2D eigenvalue weighted by Gasteiger charge is -2.37. The summed E-state index contributed by atoms with van der Waals surface area (Å²) in [6, 6.07) is 3.70. The molecule has 0 radical (unpaired) electrons. The van der Waals surface area contributed by atoms with Gasteiger partial charge in [0.1, 0.15) is 0 Å². The van der Waals surface area contributed by atoms with Crippen LogP contribution in [0.1, 0.15) is 24.8 Å². The minimum atomic E-state index is -3.73. The van der Waals surface area contributed by atoms with Gasteiger partial charge in [0.05, 0.1) is 4.90 Å². The van der Waals surface area contributed by atoms with Gasteiger partial charge in [-0.2, -0.15) is 0 Å². The number of hydrogen-bond acceptors (Lipinski definition) is 4. The first-order valence-electron chi connectivity index (χ1n) is 5.96. The third-order valence-electron chi connectivity index (χ3n) is 3.66. The predicted molar refractivity (Wildman–Crippen MR) is 73.0 cm³/mol. The molecule has 0 saturated heterocycles. The van der Waals surface area contributed by atoms with Crippen molar-refractivity contribution in [3.8, 4) is 0 Å². The Bertz CT molecular complexity index is 565. The minimum Gasteiger partial charge on any atom is -0.399 e. The minimum absolute atomic E-state index is 0.115. The maximum atomic E-state index is 11.5. The van der Waals surface area contributed by atoms with E-state index in [1.807, 2.05) is 13.1 Å². The number of nitrogens with zero attached hydrogens (tertiary/aromatic N) is 1. The van der Waals surface area contributed by atoms with Crippen molar-refractivity contribution in [2.45, 2.75) is 37.1 Å². The van der Waals surface area contributed by atoms with Crippen LogP contribution < -0.4 is 15.8 Å². The molecule has 0 spiro atoms. The second kappa shape index (κ2) is 4.44. The van der Waals surface area contributed by atoms with Gasteiger partial charge in [-0.1, -0.05) is 0 Å². The summed E-state index contributed by atoms with van der Waals surface area (Å²) >= 11 is 0. The standard InChI is InChI=1S/C12H19N3O2S/c1-8-11(15(2)10-4-3-5-10)6-9(13)7-12(8)18(14,16)17/h6-7,10H,3-5,13H2,1-2H3,(H2,14,16,17). The molecule has 1 saturated carbocycles. The number of hydrogen-bond donors (Lipinski definition) is 2. The van der Waals surface area contributed by atoms with Crippen LogP contribution >= 0.6 is 0 Å². The first-order valence-corrected chi connectivity index (χ1v) is 7.51. The number of primary sulfonamides is 1. The van der Waals surface area contributed by atoms with E-state index in [1.165, 1.54) is 12.5 Å². The number of benzene rings is 1. The third kappa shape index (κ3) is 2.30. The Hall–Kier alpha value is -1.27. The fraction of sp³-hybridized carbons (Fsp3) is 0.500. The molecule has 1 aromatic rings. The van der Waals surface area contributed by atoms with E-state index in [9.17, 15) is 8.42 Å². The molecule has 0 bridgehead atoms. The first-order chi connectivity index (χ1) is 8.30. The van der Waals surface area contributed by atoms with Gasteiger partial charge >= 0.3 is 0 Å². The Kier molecular flexibility index (Phi) is 3.25. The van der Waals surface area contributed by atoms with Gasteiger partial charge < -0.3 is 10.6 Å². The molecule has 2 rings (SSSR count).